The zero-order chi connectivity index (χ0) is 41.0. The lowest BCUT2D eigenvalue weighted by Gasteiger charge is -2.39. The molecule has 60 heavy (non-hydrogen) atoms. The van der Waals surface area contributed by atoms with E-state index in [0.29, 0.717) is 37.0 Å². The summed E-state index contributed by atoms with van der Waals surface area (Å²) in [5.41, 5.74) is 8.26. The Bertz CT molecular complexity index is 2520. The Morgan fingerprint density at radius 2 is 1.63 bits per heavy atom. The van der Waals surface area contributed by atoms with Gasteiger partial charge in [-0.25, -0.2) is 0 Å². The largest absolute Gasteiger partial charge is 0.507 e. The number of ketones is 2. The van der Waals surface area contributed by atoms with Crippen LogP contribution in [0.4, 0.5) is 5.82 Å². The Labute approximate surface area is 350 Å². The quantitative estimate of drug-likeness (QED) is 0.0993. The molecule has 308 valence electrons. The van der Waals surface area contributed by atoms with Crippen molar-refractivity contribution in [2.24, 2.45) is 5.92 Å². The lowest BCUT2D eigenvalue weighted by atomic mass is 9.67. The summed E-state index contributed by atoms with van der Waals surface area (Å²) in [6.45, 7) is 0. The van der Waals surface area contributed by atoms with Crippen molar-refractivity contribution in [1.82, 2.24) is 9.97 Å². The van der Waals surface area contributed by atoms with Crippen LogP contribution in [-0.4, -0.2) is 54.6 Å². The lowest BCUT2D eigenvalue weighted by Crippen LogP contribution is -2.39. The molecule has 2 aromatic heterocycles. The Morgan fingerprint density at radius 3 is 2.52 bits per heavy atom. The van der Waals surface area contributed by atoms with Gasteiger partial charge in [-0.3, -0.25) is 9.59 Å². The number of aromatic nitrogens is 2. The molecule has 0 spiro atoms. The number of phenols is 2. The number of anilines is 1. The van der Waals surface area contributed by atoms with Crippen LogP contribution < -0.4 is 10.1 Å². The molecule has 3 aromatic carbocycles. The Hall–Kier alpha value is -5.80. The number of aliphatic hydroxyl groups is 1. The van der Waals surface area contributed by atoms with Gasteiger partial charge < -0.3 is 35.3 Å². The molecule has 9 heteroatoms. The number of carbonyl (C=O) groups excluding carboxylic acids is 2. The maximum Gasteiger partial charge on any atom is 0.161 e. The topological polar surface area (TPSA) is 148 Å². The van der Waals surface area contributed by atoms with Gasteiger partial charge in [-0.05, 0) is 128 Å². The number of benzene rings is 3. The standard InChI is InChI=1S/C51H53N3O6/c55-35-12-11-31-25-34(49(58)47(26-31)60-36-8-1-2-9-36)24-30-5-3-7-33(23-30)37-13-14-43(54-50-40(37)18-22-53-50)41-28-44-39(17-21-52-44)42(48(41)46(57)27-35)29-51(59)19-15-32-6-4-10-45(56)38(32)16-20-51/h3-7,10,16-18,20-23,25-26,28,36-37,42-43,48,52-54,56,58-59H,1-2,8-9,11-15,19,24,27,29H2/t37-,42-,43-,48+,51-/m0/s1. The van der Waals surface area contributed by atoms with Crippen LogP contribution in [0.25, 0.3) is 12.2 Å². The van der Waals surface area contributed by atoms with Gasteiger partial charge in [0, 0.05) is 71.4 Å². The van der Waals surface area contributed by atoms with E-state index < -0.39 is 17.4 Å². The zero-order valence-electron chi connectivity index (χ0n) is 33.9. The highest BCUT2D eigenvalue weighted by Gasteiger charge is 2.44. The van der Waals surface area contributed by atoms with Crippen LogP contribution in [0.5, 0.6) is 17.2 Å². The number of H-pyrrole nitrogens is 2. The number of hydrogen-bond acceptors (Lipinski definition) is 7. The minimum absolute atomic E-state index is 0.0515. The summed E-state index contributed by atoms with van der Waals surface area (Å²) < 4.78 is 6.43. The summed E-state index contributed by atoms with van der Waals surface area (Å²) in [7, 11) is 0. The molecule has 5 aromatic rings. The minimum Gasteiger partial charge on any atom is -0.507 e. The summed E-state index contributed by atoms with van der Waals surface area (Å²) >= 11 is 0. The van der Waals surface area contributed by atoms with E-state index in [1.165, 1.54) is 5.56 Å². The highest BCUT2D eigenvalue weighted by Crippen LogP contribution is 2.49. The zero-order valence-corrected chi connectivity index (χ0v) is 33.9. The molecule has 5 atom stereocenters. The summed E-state index contributed by atoms with van der Waals surface area (Å²) in [5, 5.41) is 38.6. The molecule has 6 bridgehead atoms. The van der Waals surface area contributed by atoms with Gasteiger partial charge >= 0.3 is 0 Å². The second-order valence-corrected chi connectivity index (χ2v) is 17.9. The van der Waals surface area contributed by atoms with E-state index >= 15 is 4.79 Å². The van der Waals surface area contributed by atoms with Crippen molar-refractivity contribution < 1.29 is 29.6 Å². The van der Waals surface area contributed by atoms with Crippen LogP contribution in [0.2, 0.25) is 0 Å². The fraction of sp³-hybridized carbons (Fsp3) is 0.373. The average molecular weight is 804 g/mol. The first-order valence-corrected chi connectivity index (χ1v) is 21.9. The normalized spacial score (nSPS) is 25.4. The van der Waals surface area contributed by atoms with E-state index in [0.717, 1.165) is 89.0 Å². The molecule has 9 nitrogen and oxygen atoms in total. The molecule has 5 aliphatic rings. The molecule has 1 aliphatic heterocycles. The molecule has 4 aliphatic carbocycles. The van der Waals surface area contributed by atoms with Gasteiger partial charge in [0.25, 0.3) is 0 Å². The first kappa shape index (κ1) is 38.4. The number of fused-ring (bicyclic) bond motifs is 14. The van der Waals surface area contributed by atoms with Gasteiger partial charge in [0.15, 0.2) is 11.5 Å². The van der Waals surface area contributed by atoms with E-state index in [1.807, 2.05) is 48.8 Å². The predicted molar refractivity (Wildman–Crippen MR) is 233 cm³/mol. The van der Waals surface area contributed by atoms with Crippen LogP contribution in [0.1, 0.15) is 126 Å². The Morgan fingerprint density at radius 1 is 0.800 bits per heavy atom. The van der Waals surface area contributed by atoms with Crippen molar-refractivity contribution >= 4 is 29.5 Å². The van der Waals surface area contributed by atoms with Gasteiger partial charge in [0.1, 0.15) is 23.1 Å². The maximum atomic E-state index is 15.1. The number of nitrogens with one attached hydrogen (secondary N) is 3. The van der Waals surface area contributed by atoms with Crippen molar-refractivity contribution in [3.05, 3.63) is 141 Å². The number of aryl methyl sites for hydroxylation is 2. The molecule has 1 saturated carbocycles. The predicted octanol–water partition coefficient (Wildman–Crippen LogP) is 9.42. The van der Waals surface area contributed by atoms with Crippen molar-refractivity contribution in [3.63, 3.8) is 0 Å². The molecular weight excluding hydrogens is 751 g/mol. The summed E-state index contributed by atoms with van der Waals surface area (Å²) in [5.74, 6) is 0.388. The van der Waals surface area contributed by atoms with Crippen molar-refractivity contribution in [2.45, 2.75) is 113 Å². The number of phenolic OH excluding ortho intramolecular Hbond substituents is 2. The van der Waals surface area contributed by atoms with Crippen LogP contribution in [0.3, 0.4) is 0 Å². The first-order chi connectivity index (χ1) is 29.2. The van der Waals surface area contributed by atoms with Crippen LogP contribution in [0.15, 0.2) is 90.8 Å². The second kappa shape index (κ2) is 15.7. The molecular formula is C51H53N3O6. The third-order valence-electron chi connectivity index (χ3n) is 14.0. The number of rotatable bonds is 4. The Balaban J connectivity index is 1.05. The van der Waals surface area contributed by atoms with Gasteiger partial charge in [0.2, 0.25) is 0 Å². The van der Waals surface area contributed by atoms with Gasteiger partial charge in [0.05, 0.1) is 18.1 Å². The van der Waals surface area contributed by atoms with Gasteiger partial charge in [-0.2, -0.15) is 0 Å². The van der Waals surface area contributed by atoms with E-state index in [9.17, 15) is 20.1 Å². The molecule has 10 rings (SSSR count). The Kier molecular flexibility index (Phi) is 10.0. The molecule has 1 fully saturated rings. The number of aromatic amines is 2. The highest BCUT2D eigenvalue weighted by atomic mass is 16.5. The van der Waals surface area contributed by atoms with E-state index in [-0.39, 0.29) is 60.4 Å². The second-order valence-electron chi connectivity index (χ2n) is 17.9. The maximum absolute atomic E-state index is 15.1. The monoisotopic (exact) mass is 803 g/mol. The number of hydrogen-bond donors (Lipinski definition) is 6. The third-order valence-corrected chi connectivity index (χ3v) is 14.0. The number of ether oxygens (including phenoxy) is 1. The third kappa shape index (κ3) is 7.38. The van der Waals surface area contributed by atoms with Crippen LogP contribution in [0, 0.1) is 5.92 Å². The smallest absolute Gasteiger partial charge is 0.161 e. The van der Waals surface area contributed by atoms with Crippen LogP contribution >= 0.6 is 0 Å². The fourth-order valence-corrected chi connectivity index (χ4v) is 10.9. The van der Waals surface area contributed by atoms with Crippen molar-refractivity contribution in [1.29, 1.82) is 0 Å². The summed E-state index contributed by atoms with van der Waals surface area (Å²) in [6.07, 6.45) is 17.4. The molecule has 6 N–H and O–H groups in total. The van der Waals surface area contributed by atoms with E-state index in [2.05, 4.69) is 51.7 Å². The first-order valence-electron chi connectivity index (χ1n) is 21.9. The van der Waals surface area contributed by atoms with Crippen molar-refractivity contribution in [2.75, 3.05) is 5.32 Å². The molecule has 0 radical (unpaired) electrons. The van der Waals surface area contributed by atoms with E-state index in [4.69, 9.17) is 4.74 Å². The van der Waals surface area contributed by atoms with Crippen molar-refractivity contribution in [3.8, 4) is 17.2 Å². The molecule has 0 saturated heterocycles. The number of aromatic hydroxyl groups is 2. The summed E-state index contributed by atoms with van der Waals surface area (Å²) in [6, 6.07) is 21.9. The lowest BCUT2D eigenvalue weighted by molar-refractivity contribution is -0.129. The molecule has 0 unspecified atom stereocenters. The highest BCUT2D eigenvalue weighted by molar-refractivity contribution is 6.02. The summed E-state index contributed by atoms with van der Waals surface area (Å²) in [4.78, 5) is 36.1. The van der Waals surface area contributed by atoms with E-state index in [1.54, 1.807) is 12.1 Å². The molecule has 3 heterocycles. The van der Waals surface area contributed by atoms with Gasteiger partial charge in [-0.15, -0.1) is 0 Å². The SMILES string of the molecule is O=C1CCc2cc(c(O)c(OC3CCCC3)c2)Cc2cccc(c2)[C@@H]2CC[C@H](Nc3[nH]ccc32)C2=Cc3[nH]ccc3[C@H](C[C@@]3(O)C=Cc4c(O)cccc4CC3)[C@@H]2C(=O)C1. The van der Waals surface area contributed by atoms with Gasteiger partial charge in [-0.1, -0.05) is 54.6 Å². The fourth-order valence-electron chi connectivity index (χ4n) is 10.9. The number of carbonyl (C=O) groups is 2. The van der Waals surface area contributed by atoms with Crippen LogP contribution in [-0.2, 0) is 28.9 Å². The average Bonchev–Trinajstić information content (AvgIpc) is 4.00. The molecule has 0 amide bonds. The number of Topliss-reactive ketones (excluding diaryl/α,β-unsaturated/α-hetero) is 2. The minimum atomic E-state index is -1.28.